The molecule has 5 heteroatoms. The molecule has 0 saturated heterocycles. The molecular weight excluding hydrogens is 230 g/mol. The van der Waals surface area contributed by atoms with Gasteiger partial charge in [-0.2, -0.15) is 0 Å². The van der Waals surface area contributed by atoms with Gasteiger partial charge in [0, 0.05) is 37.9 Å². The number of aromatic nitrogens is 2. The number of hydrogen-bond acceptors (Lipinski definition) is 3. The molecule has 0 amide bonds. The molecule has 0 radical (unpaired) electrons. The fourth-order valence-electron chi connectivity index (χ4n) is 2.28. The predicted molar refractivity (Wildman–Crippen MR) is 70.6 cm³/mol. The van der Waals surface area contributed by atoms with Crippen molar-refractivity contribution in [2.75, 3.05) is 0 Å². The number of nitrogens with zero attached hydrogens (tertiary/aromatic N) is 2. The highest BCUT2D eigenvalue weighted by Crippen LogP contribution is 2.39. The number of nitrogens with one attached hydrogen (secondary N) is 1. The van der Waals surface area contributed by atoms with Crippen LogP contribution in [0.15, 0.2) is 15.8 Å². The van der Waals surface area contributed by atoms with Gasteiger partial charge in [-0.15, -0.1) is 0 Å². The number of hydrogen-bond donors (Lipinski definition) is 1. The van der Waals surface area contributed by atoms with Crippen LogP contribution in [0.5, 0.6) is 0 Å². The van der Waals surface area contributed by atoms with Gasteiger partial charge in [0.2, 0.25) is 0 Å². The van der Waals surface area contributed by atoms with Crippen molar-refractivity contribution in [3.8, 4) is 0 Å². The van der Waals surface area contributed by atoms with Crippen molar-refractivity contribution >= 4 is 0 Å². The van der Waals surface area contributed by atoms with Crippen molar-refractivity contribution < 1.29 is 0 Å². The summed E-state index contributed by atoms with van der Waals surface area (Å²) in [6.45, 7) is 4.83. The van der Waals surface area contributed by atoms with Crippen molar-refractivity contribution in [1.82, 2.24) is 14.5 Å². The van der Waals surface area contributed by atoms with E-state index >= 15 is 0 Å². The molecule has 0 atom stereocenters. The second kappa shape index (κ2) is 4.39. The number of aryl methyl sites for hydroxylation is 1. The van der Waals surface area contributed by atoms with Crippen LogP contribution in [0.4, 0.5) is 0 Å². The molecule has 100 valence electrons. The van der Waals surface area contributed by atoms with Gasteiger partial charge >= 0.3 is 5.69 Å². The monoisotopic (exact) mass is 251 g/mol. The van der Waals surface area contributed by atoms with Crippen LogP contribution in [0.25, 0.3) is 0 Å². The van der Waals surface area contributed by atoms with Gasteiger partial charge in [-0.3, -0.25) is 9.36 Å². The van der Waals surface area contributed by atoms with Crippen LogP contribution in [0.3, 0.4) is 0 Å². The van der Waals surface area contributed by atoms with E-state index in [1.54, 1.807) is 13.2 Å². The highest BCUT2D eigenvalue weighted by Gasteiger charge is 2.37. The molecule has 1 aliphatic rings. The zero-order chi connectivity index (χ0) is 13.5. The lowest BCUT2D eigenvalue weighted by Gasteiger charge is -2.26. The highest BCUT2D eigenvalue weighted by atomic mass is 16.2. The Morgan fingerprint density at radius 1 is 1.33 bits per heavy atom. The van der Waals surface area contributed by atoms with E-state index in [2.05, 4.69) is 19.2 Å². The van der Waals surface area contributed by atoms with E-state index in [1.807, 2.05) is 0 Å². The van der Waals surface area contributed by atoms with Crippen LogP contribution in [0.1, 0.15) is 32.3 Å². The Balaban J connectivity index is 2.20. The Morgan fingerprint density at radius 3 is 2.50 bits per heavy atom. The standard InChI is InChI=1S/C13H21N3O2/c1-13(2,10-5-6-10)14-7-9-8-15(3)12(18)16(4)11(9)17/h8,10,14H,5-7H2,1-4H3. The molecule has 0 bridgehead atoms. The molecule has 0 spiro atoms. The van der Waals surface area contributed by atoms with Crippen LogP contribution in [-0.4, -0.2) is 14.7 Å². The lowest BCUT2D eigenvalue weighted by molar-refractivity contribution is 0.338. The van der Waals surface area contributed by atoms with Gasteiger partial charge in [-0.1, -0.05) is 0 Å². The van der Waals surface area contributed by atoms with Crippen LogP contribution in [0.2, 0.25) is 0 Å². The van der Waals surface area contributed by atoms with Gasteiger partial charge in [-0.05, 0) is 32.6 Å². The molecule has 1 aliphatic carbocycles. The van der Waals surface area contributed by atoms with Gasteiger partial charge < -0.3 is 9.88 Å². The molecule has 1 aromatic rings. The Kier molecular flexibility index (Phi) is 3.19. The predicted octanol–water partition coefficient (Wildman–Crippen LogP) is 0.362. The summed E-state index contributed by atoms with van der Waals surface area (Å²) in [5.41, 5.74) is 0.190. The van der Waals surface area contributed by atoms with E-state index in [0.29, 0.717) is 18.0 Å². The molecule has 1 fully saturated rings. The van der Waals surface area contributed by atoms with Gasteiger partial charge in [0.05, 0.1) is 0 Å². The summed E-state index contributed by atoms with van der Waals surface area (Å²) in [5.74, 6) is 0.703. The third-order valence-corrected chi connectivity index (χ3v) is 3.85. The van der Waals surface area contributed by atoms with Gasteiger partial charge in [0.25, 0.3) is 5.56 Å². The number of rotatable bonds is 4. The minimum absolute atomic E-state index is 0.0553. The van der Waals surface area contributed by atoms with Crippen molar-refractivity contribution in [2.24, 2.45) is 20.0 Å². The Morgan fingerprint density at radius 2 is 1.94 bits per heavy atom. The first-order valence-corrected chi connectivity index (χ1v) is 6.33. The van der Waals surface area contributed by atoms with Crippen LogP contribution in [-0.2, 0) is 20.6 Å². The fraction of sp³-hybridized carbons (Fsp3) is 0.692. The van der Waals surface area contributed by atoms with Crippen LogP contribution >= 0.6 is 0 Å². The Hall–Kier alpha value is -1.36. The van der Waals surface area contributed by atoms with Crippen LogP contribution < -0.4 is 16.6 Å². The first kappa shape index (κ1) is 13.1. The SMILES string of the molecule is Cn1cc(CNC(C)(C)C2CC2)c(=O)n(C)c1=O. The minimum Gasteiger partial charge on any atom is -0.307 e. The van der Waals surface area contributed by atoms with E-state index in [4.69, 9.17) is 0 Å². The maximum absolute atomic E-state index is 12.0. The molecule has 2 rings (SSSR count). The molecule has 1 N–H and O–H groups in total. The molecular formula is C13H21N3O2. The lowest BCUT2D eigenvalue weighted by atomic mass is 9.98. The molecule has 0 aliphatic heterocycles. The lowest BCUT2D eigenvalue weighted by Crippen LogP contribution is -2.44. The summed E-state index contributed by atoms with van der Waals surface area (Å²) in [5, 5.41) is 3.42. The van der Waals surface area contributed by atoms with Crippen molar-refractivity contribution in [1.29, 1.82) is 0 Å². The summed E-state index contributed by atoms with van der Waals surface area (Å²) in [6, 6.07) is 0. The minimum atomic E-state index is -0.287. The first-order chi connectivity index (χ1) is 8.33. The maximum atomic E-state index is 12.0. The maximum Gasteiger partial charge on any atom is 0.330 e. The van der Waals surface area contributed by atoms with E-state index in [9.17, 15) is 9.59 Å². The van der Waals surface area contributed by atoms with E-state index in [-0.39, 0.29) is 16.8 Å². The van der Waals surface area contributed by atoms with Crippen molar-refractivity contribution in [3.05, 3.63) is 32.6 Å². The van der Waals surface area contributed by atoms with Gasteiger partial charge in [0.15, 0.2) is 0 Å². The Bertz CT molecular complexity index is 565. The first-order valence-electron chi connectivity index (χ1n) is 6.33. The summed E-state index contributed by atoms with van der Waals surface area (Å²) < 4.78 is 2.60. The second-order valence-electron chi connectivity index (χ2n) is 5.76. The molecule has 5 nitrogen and oxygen atoms in total. The molecule has 1 saturated carbocycles. The van der Waals surface area contributed by atoms with Crippen LogP contribution in [0, 0.1) is 5.92 Å². The topological polar surface area (TPSA) is 56.0 Å². The molecule has 1 aromatic heterocycles. The summed E-state index contributed by atoms with van der Waals surface area (Å²) in [6.07, 6.45) is 4.14. The molecule has 1 heterocycles. The smallest absolute Gasteiger partial charge is 0.307 e. The van der Waals surface area contributed by atoms with Crippen molar-refractivity contribution in [3.63, 3.8) is 0 Å². The molecule has 0 aromatic carbocycles. The third-order valence-electron chi connectivity index (χ3n) is 3.85. The Labute approximate surface area is 106 Å². The molecule has 18 heavy (non-hydrogen) atoms. The highest BCUT2D eigenvalue weighted by molar-refractivity contribution is 5.07. The van der Waals surface area contributed by atoms with Gasteiger partial charge in [-0.25, -0.2) is 4.79 Å². The third kappa shape index (κ3) is 2.41. The average Bonchev–Trinajstić information content (AvgIpc) is 3.13. The summed E-state index contributed by atoms with van der Waals surface area (Å²) in [7, 11) is 3.18. The quantitative estimate of drug-likeness (QED) is 0.840. The zero-order valence-electron chi connectivity index (χ0n) is 11.5. The van der Waals surface area contributed by atoms with E-state index in [1.165, 1.54) is 24.5 Å². The molecule has 0 unspecified atom stereocenters. The largest absolute Gasteiger partial charge is 0.330 e. The second-order valence-corrected chi connectivity index (χ2v) is 5.76. The average molecular weight is 251 g/mol. The van der Waals surface area contributed by atoms with E-state index in [0.717, 1.165) is 4.57 Å². The summed E-state index contributed by atoms with van der Waals surface area (Å²) in [4.78, 5) is 23.5. The normalized spacial score (nSPS) is 16.0. The fourth-order valence-corrected chi connectivity index (χ4v) is 2.28. The van der Waals surface area contributed by atoms with E-state index < -0.39 is 0 Å². The van der Waals surface area contributed by atoms with Gasteiger partial charge in [0.1, 0.15) is 0 Å². The van der Waals surface area contributed by atoms with Crippen molar-refractivity contribution in [2.45, 2.75) is 38.8 Å². The zero-order valence-corrected chi connectivity index (χ0v) is 11.5. The summed E-state index contributed by atoms with van der Waals surface area (Å²) >= 11 is 0.